The molecule has 16 heavy (non-hydrogen) atoms. The zero-order valence-corrected chi connectivity index (χ0v) is 12.7. The molecular formula is C8H2N4Na2O2. The van der Waals surface area contributed by atoms with Crippen LogP contribution >= 0.6 is 0 Å². The first-order valence-electron chi connectivity index (χ1n) is 3.44. The Labute approximate surface area is 136 Å². The summed E-state index contributed by atoms with van der Waals surface area (Å²) in [4.78, 5) is 0. The van der Waals surface area contributed by atoms with Crippen molar-refractivity contribution in [3.05, 3.63) is 22.6 Å². The van der Waals surface area contributed by atoms with E-state index in [1.807, 2.05) is 0 Å². The molecule has 0 amide bonds. The van der Waals surface area contributed by atoms with Gasteiger partial charge in [-0.25, -0.2) is 0 Å². The van der Waals surface area contributed by atoms with Crippen molar-refractivity contribution in [2.75, 3.05) is 0 Å². The van der Waals surface area contributed by atoms with Crippen LogP contribution in [-0.2, 0) is 0 Å². The first kappa shape index (κ1) is 17.9. The molecule has 1 aliphatic heterocycles. The molecule has 1 atom stereocenters. The molecule has 8 heteroatoms. The van der Waals surface area contributed by atoms with Crippen molar-refractivity contribution < 1.29 is 69.3 Å². The van der Waals surface area contributed by atoms with Crippen LogP contribution in [0.2, 0.25) is 0 Å². The largest absolute Gasteiger partial charge is 1.00 e. The van der Waals surface area contributed by atoms with Crippen molar-refractivity contribution in [1.29, 1.82) is 15.8 Å². The minimum absolute atomic E-state index is 0. The molecule has 0 aromatic rings. The number of nitriles is 3. The normalized spacial score (nSPS) is 16.9. The van der Waals surface area contributed by atoms with E-state index in [0.29, 0.717) is 0 Å². The Morgan fingerprint density at radius 2 is 1.69 bits per heavy atom. The van der Waals surface area contributed by atoms with Gasteiger partial charge in [0.25, 0.3) is 0 Å². The molecule has 1 unspecified atom stereocenters. The van der Waals surface area contributed by atoms with E-state index in [-0.39, 0.29) is 64.8 Å². The second-order valence-electron chi connectivity index (χ2n) is 2.35. The van der Waals surface area contributed by atoms with E-state index >= 15 is 0 Å². The number of nitrogens with one attached hydrogen (secondary N) is 1. The Morgan fingerprint density at radius 3 is 2.06 bits per heavy atom. The van der Waals surface area contributed by atoms with Gasteiger partial charge in [-0.2, -0.15) is 15.8 Å². The second-order valence-corrected chi connectivity index (χ2v) is 2.35. The maximum absolute atomic E-state index is 11.0. The number of rotatable bonds is 0. The smallest absolute Gasteiger partial charge is 0.874 e. The van der Waals surface area contributed by atoms with Gasteiger partial charge in [0, 0.05) is 0 Å². The summed E-state index contributed by atoms with van der Waals surface area (Å²) < 4.78 is 0. The summed E-state index contributed by atoms with van der Waals surface area (Å²) in [5.74, 6) is -0.939. The zero-order valence-electron chi connectivity index (χ0n) is 8.74. The summed E-state index contributed by atoms with van der Waals surface area (Å²) >= 11 is 0. The predicted octanol–water partition coefficient (Wildman–Crippen LogP) is -8.28. The van der Waals surface area contributed by atoms with Gasteiger partial charge in [0.2, 0.25) is 0 Å². The van der Waals surface area contributed by atoms with Crippen LogP contribution < -0.4 is 74.6 Å². The SMILES string of the molecule is N#CC(C#N)=C1NC([O-])C([O-])=C1C#N.[Na+].[Na+]. The minimum atomic E-state index is -1.80. The summed E-state index contributed by atoms with van der Waals surface area (Å²) in [5, 5.41) is 49.4. The van der Waals surface area contributed by atoms with Crippen molar-refractivity contribution >= 4 is 0 Å². The van der Waals surface area contributed by atoms with Gasteiger partial charge in [0.1, 0.15) is 18.2 Å². The quantitative estimate of drug-likeness (QED) is 0.326. The molecule has 6 nitrogen and oxygen atoms in total. The first-order chi connectivity index (χ1) is 6.65. The molecule has 1 rings (SSSR count). The zero-order chi connectivity index (χ0) is 10.7. The topological polar surface area (TPSA) is 130 Å². The van der Waals surface area contributed by atoms with E-state index in [1.165, 1.54) is 18.2 Å². The summed E-state index contributed by atoms with van der Waals surface area (Å²) in [5.41, 5.74) is -1.15. The molecule has 0 aliphatic carbocycles. The summed E-state index contributed by atoms with van der Waals surface area (Å²) in [6.45, 7) is 0. The van der Waals surface area contributed by atoms with E-state index in [9.17, 15) is 10.2 Å². The fraction of sp³-hybridized carbons (Fsp3) is 0.125. The van der Waals surface area contributed by atoms with Gasteiger partial charge in [-0.1, -0.05) is 0 Å². The van der Waals surface area contributed by atoms with Crippen LogP contribution in [0.25, 0.3) is 0 Å². The Balaban J connectivity index is 0. The molecule has 0 aromatic carbocycles. The van der Waals surface area contributed by atoms with Crippen LogP contribution in [0.1, 0.15) is 0 Å². The summed E-state index contributed by atoms with van der Waals surface area (Å²) in [6.07, 6.45) is -1.80. The second kappa shape index (κ2) is 7.73. The molecular weight excluding hydrogens is 230 g/mol. The Bertz CT molecular complexity index is 448. The van der Waals surface area contributed by atoms with Crippen LogP contribution in [-0.4, -0.2) is 6.23 Å². The number of hydrogen-bond acceptors (Lipinski definition) is 6. The third-order valence-electron chi connectivity index (χ3n) is 1.60. The monoisotopic (exact) mass is 232 g/mol. The molecule has 0 radical (unpaired) electrons. The minimum Gasteiger partial charge on any atom is -0.874 e. The van der Waals surface area contributed by atoms with Gasteiger partial charge in [-0.15, -0.1) is 5.76 Å². The summed E-state index contributed by atoms with van der Waals surface area (Å²) in [6, 6.07) is 4.47. The van der Waals surface area contributed by atoms with Gasteiger partial charge in [-0.05, 0) is 6.23 Å². The molecule has 0 saturated carbocycles. The maximum Gasteiger partial charge on any atom is 1.00 e. The predicted molar refractivity (Wildman–Crippen MR) is 37.8 cm³/mol. The molecule has 0 aromatic heterocycles. The van der Waals surface area contributed by atoms with Crippen molar-refractivity contribution in [1.82, 2.24) is 5.32 Å². The maximum atomic E-state index is 11.0. The third-order valence-corrected chi connectivity index (χ3v) is 1.60. The fourth-order valence-electron chi connectivity index (χ4n) is 0.968. The van der Waals surface area contributed by atoms with Crippen molar-refractivity contribution in [2.24, 2.45) is 0 Å². The molecule has 1 N–H and O–H groups in total. The van der Waals surface area contributed by atoms with Crippen LogP contribution in [0, 0.1) is 34.0 Å². The van der Waals surface area contributed by atoms with Crippen molar-refractivity contribution in [3.8, 4) is 18.2 Å². The van der Waals surface area contributed by atoms with E-state index in [0.717, 1.165) is 0 Å². The van der Waals surface area contributed by atoms with Crippen LogP contribution in [0.4, 0.5) is 0 Å². The Morgan fingerprint density at radius 1 is 1.19 bits per heavy atom. The Hall–Kier alpha value is -0.490. The van der Waals surface area contributed by atoms with Gasteiger partial charge in [-0.3, -0.25) is 0 Å². The summed E-state index contributed by atoms with van der Waals surface area (Å²) in [7, 11) is 0. The molecule has 0 bridgehead atoms. The standard InChI is InChI=1S/C8H3N4O2.2Na/c9-1-4(2-10)6-5(3-11)7(13)8(14)12-6;;/h8,12-13H;;/q-1;2*+1/p-1. The third kappa shape index (κ3) is 3.25. The van der Waals surface area contributed by atoms with Crippen LogP contribution in [0.15, 0.2) is 22.6 Å². The van der Waals surface area contributed by atoms with Gasteiger partial charge < -0.3 is 15.5 Å². The molecule has 0 fully saturated rings. The number of hydrogen-bond donors (Lipinski definition) is 1. The molecule has 0 spiro atoms. The van der Waals surface area contributed by atoms with Crippen molar-refractivity contribution in [2.45, 2.75) is 6.23 Å². The Kier molecular flexibility index (Phi) is 8.64. The molecule has 1 heterocycles. The fourth-order valence-corrected chi connectivity index (χ4v) is 0.968. The van der Waals surface area contributed by atoms with Crippen LogP contribution in [0.3, 0.4) is 0 Å². The average Bonchev–Trinajstić information content (AvgIpc) is 2.45. The van der Waals surface area contributed by atoms with Gasteiger partial charge in [0.05, 0.1) is 11.3 Å². The van der Waals surface area contributed by atoms with E-state index in [4.69, 9.17) is 15.8 Å². The van der Waals surface area contributed by atoms with E-state index < -0.39 is 23.1 Å². The van der Waals surface area contributed by atoms with Gasteiger partial charge in [0.15, 0.2) is 5.57 Å². The first-order valence-corrected chi connectivity index (χ1v) is 3.44. The van der Waals surface area contributed by atoms with Gasteiger partial charge >= 0.3 is 59.1 Å². The number of nitrogens with zero attached hydrogens (tertiary/aromatic N) is 3. The molecule has 0 saturated heterocycles. The van der Waals surface area contributed by atoms with E-state index in [1.54, 1.807) is 0 Å². The number of allylic oxidation sites excluding steroid dienone is 2. The molecule has 68 valence electrons. The van der Waals surface area contributed by atoms with E-state index in [2.05, 4.69) is 5.32 Å². The average molecular weight is 232 g/mol. The van der Waals surface area contributed by atoms with Crippen molar-refractivity contribution in [3.63, 3.8) is 0 Å². The molecule has 1 aliphatic rings. The van der Waals surface area contributed by atoms with Crippen LogP contribution in [0.5, 0.6) is 0 Å².